The van der Waals surface area contributed by atoms with Crippen LogP contribution in [0.3, 0.4) is 0 Å². The maximum absolute atomic E-state index is 10.6. The van der Waals surface area contributed by atoms with Crippen LogP contribution in [0, 0.1) is 0 Å². The van der Waals surface area contributed by atoms with Crippen LogP contribution in [0.25, 0.3) is 0 Å². The first-order valence-electron chi connectivity index (χ1n) is 17.9. The van der Waals surface area contributed by atoms with Crippen molar-refractivity contribution in [3.63, 3.8) is 0 Å². The molecule has 0 amide bonds. The monoisotopic (exact) mass is 638 g/mol. The average molecular weight is 640 g/mol. The molecule has 41 heavy (non-hydrogen) atoms. The first-order chi connectivity index (χ1) is 19.6. The van der Waals surface area contributed by atoms with Crippen molar-refractivity contribution < 1.29 is 30.8 Å². The average Bonchev–Trinajstić information content (AvgIpc) is 2.92. The van der Waals surface area contributed by atoms with Crippen molar-refractivity contribution in [3.05, 3.63) is 24.3 Å². The van der Waals surface area contributed by atoms with Gasteiger partial charge < -0.3 is 14.4 Å². The van der Waals surface area contributed by atoms with E-state index in [0.717, 1.165) is 25.7 Å². The van der Waals surface area contributed by atoms with E-state index in [1.54, 1.807) is 0 Å². The fourth-order valence-electron chi connectivity index (χ4n) is 5.43. The molecule has 0 aliphatic rings. The van der Waals surface area contributed by atoms with Gasteiger partial charge in [-0.05, 0) is 63.9 Å². The summed E-state index contributed by atoms with van der Waals surface area (Å²) in [7, 11) is -4.28. The normalized spacial score (nSPS) is 12.1. The van der Waals surface area contributed by atoms with Crippen LogP contribution >= 0.6 is 7.60 Å². The molecule has 0 aliphatic carbocycles. The predicted octanol–water partition coefficient (Wildman–Crippen LogP) is 11.7. The predicted molar refractivity (Wildman–Crippen MR) is 175 cm³/mol. The van der Waals surface area contributed by atoms with Crippen LogP contribution in [-0.2, 0) is 21.1 Å². The molecule has 0 aromatic heterocycles. The Morgan fingerprint density at radius 2 is 0.610 bits per heavy atom. The number of hydrogen-bond acceptors (Lipinski definition) is 3. The minimum atomic E-state index is -4.28. The van der Waals surface area contributed by atoms with Crippen molar-refractivity contribution in [2.75, 3.05) is 6.16 Å². The second-order valence-corrected chi connectivity index (χ2v) is 13.9. The summed E-state index contributed by atoms with van der Waals surface area (Å²) in [6, 6.07) is 0. The Kier molecular flexibility index (Phi) is 38.3. The minimum absolute atomic E-state index is 0. The van der Waals surface area contributed by atoms with Crippen LogP contribution in [0.15, 0.2) is 24.3 Å². The second-order valence-electron chi connectivity index (χ2n) is 12.3. The van der Waals surface area contributed by atoms with Gasteiger partial charge in [-0.25, -0.2) is 0 Å². The van der Waals surface area contributed by atoms with E-state index < -0.39 is 7.60 Å². The van der Waals surface area contributed by atoms with E-state index in [1.165, 1.54) is 161 Å². The molecule has 0 rings (SSSR count). The molecule has 0 radical (unpaired) electrons. The van der Waals surface area contributed by atoms with Gasteiger partial charge in [0.1, 0.15) is 0 Å². The van der Waals surface area contributed by atoms with E-state index in [-0.39, 0.29) is 22.7 Å². The van der Waals surface area contributed by atoms with E-state index >= 15 is 0 Å². The smallest absolute Gasteiger partial charge is 0.811 e. The number of rotatable bonds is 33. The van der Waals surface area contributed by atoms with Crippen molar-refractivity contribution in [3.8, 4) is 0 Å². The third kappa shape index (κ3) is 42.3. The number of unbranched alkanes of at least 4 members (excludes halogenated alkanes) is 27. The van der Waals surface area contributed by atoms with Gasteiger partial charge in [-0.3, -0.25) is 0 Å². The number of hydrogen-bond donors (Lipinski definition) is 0. The van der Waals surface area contributed by atoms with Gasteiger partial charge in [-0.2, -0.15) is 0 Å². The Bertz CT molecular complexity index is 587. The summed E-state index contributed by atoms with van der Waals surface area (Å²) in [6.45, 7) is 2.29. The van der Waals surface area contributed by atoms with E-state index in [4.69, 9.17) is 0 Å². The SMILES string of the molecule is CCCCCCCC/C=C\CCCCCCCCCCCCCCCC/C=C\CCCCCCCCP(=O)([O-])[O-].[Ni+2]. The van der Waals surface area contributed by atoms with Gasteiger partial charge in [0.25, 0.3) is 0 Å². The quantitative estimate of drug-likeness (QED) is 0.0311. The molecule has 246 valence electrons. The molecule has 0 heterocycles. The summed E-state index contributed by atoms with van der Waals surface area (Å²) in [4.78, 5) is 21.1. The molecule has 0 aromatic rings. The van der Waals surface area contributed by atoms with E-state index in [0.29, 0.717) is 6.42 Å². The van der Waals surface area contributed by atoms with Crippen molar-refractivity contribution in [2.24, 2.45) is 0 Å². The first-order valence-corrected chi connectivity index (χ1v) is 19.6. The van der Waals surface area contributed by atoms with Gasteiger partial charge in [0.2, 0.25) is 0 Å². The molecule has 0 bridgehead atoms. The Morgan fingerprint density at radius 1 is 0.390 bits per heavy atom. The Balaban J connectivity index is 0. The summed E-state index contributed by atoms with van der Waals surface area (Å²) < 4.78 is 10.6. The van der Waals surface area contributed by atoms with Crippen LogP contribution in [0.5, 0.6) is 0 Å². The van der Waals surface area contributed by atoms with Gasteiger partial charge in [0, 0.05) is 0 Å². The molecule has 0 aromatic carbocycles. The Labute approximate surface area is 267 Å². The van der Waals surface area contributed by atoms with E-state index in [9.17, 15) is 14.4 Å². The molecule has 0 fully saturated rings. The largest absolute Gasteiger partial charge is 2.00 e. The first kappa shape index (κ1) is 43.3. The molecular formula is C36H69NiO3P. The van der Waals surface area contributed by atoms with Crippen LogP contribution < -0.4 is 9.79 Å². The summed E-state index contributed by atoms with van der Waals surface area (Å²) >= 11 is 0. The standard InChI is InChI=1S/C36H71O3P.Ni/c1-2-3-4-5-6-7-8-9-10-11-12-13-14-15-16-17-18-19-20-21-22-23-24-25-26-27-28-29-30-31-32-33-34-35-36-40(37,38)39;/h9-10,27-28H,2-8,11-26,29-36H2,1H3,(H2,37,38,39);/q;+2/p-2/b10-9-,28-27-;. The maximum atomic E-state index is 10.6. The van der Waals surface area contributed by atoms with Gasteiger partial charge >= 0.3 is 16.5 Å². The summed E-state index contributed by atoms with van der Waals surface area (Å²) in [5.41, 5.74) is 0. The van der Waals surface area contributed by atoms with Gasteiger partial charge in [-0.15, -0.1) is 0 Å². The molecule has 3 nitrogen and oxygen atoms in total. The van der Waals surface area contributed by atoms with Gasteiger partial charge in [0.15, 0.2) is 0 Å². The van der Waals surface area contributed by atoms with Crippen LogP contribution in [0.4, 0.5) is 0 Å². The van der Waals surface area contributed by atoms with Crippen molar-refractivity contribution in [1.82, 2.24) is 0 Å². The molecule has 0 aliphatic heterocycles. The van der Waals surface area contributed by atoms with E-state index in [2.05, 4.69) is 31.2 Å². The molecular weight excluding hydrogens is 570 g/mol. The Hall–Kier alpha value is 0.124. The maximum Gasteiger partial charge on any atom is 2.00 e. The minimum Gasteiger partial charge on any atom is -0.811 e. The molecule has 0 saturated heterocycles. The molecule has 0 unspecified atom stereocenters. The van der Waals surface area contributed by atoms with E-state index in [1.807, 2.05) is 0 Å². The fourth-order valence-corrected chi connectivity index (χ4v) is 6.05. The topological polar surface area (TPSA) is 63.2 Å². The van der Waals surface area contributed by atoms with Gasteiger partial charge in [0.05, 0.1) is 0 Å². The second kappa shape index (κ2) is 36.3. The summed E-state index contributed by atoms with van der Waals surface area (Å²) in [6.07, 6.45) is 48.6. The molecule has 5 heteroatoms. The zero-order valence-electron chi connectivity index (χ0n) is 27.2. The van der Waals surface area contributed by atoms with Crippen molar-refractivity contribution >= 4 is 7.60 Å². The van der Waals surface area contributed by atoms with Gasteiger partial charge in [-0.1, -0.05) is 174 Å². The molecule has 0 spiro atoms. The van der Waals surface area contributed by atoms with Crippen LogP contribution in [0.2, 0.25) is 0 Å². The fraction of sp³-hybridized carbons (Fsp3) is 0.889. The van der Waals surface area contributed by atoms with Crippen molar-refractivity contribution in [2.45, 2.75) is 200 Å². The summed E-state index contributed by atoms with van der Waals surface area (Å²) in [5, 5.41) is 0. The summed E-state index contributed by atoms with van der Waals surface area (Å²) in [5.74, 6) is 0. The van der Waals surface area contributed by atoms with Crippen LogP contribution in [0.1, 0.15) is 200 Å². The molecule has 0 atom stereocenters. The van der Waals surface area contributed by atoms with Crippen LogP contribution in [-0.4, -0.2) is 6.16 Å². The zero-order valence-corrected chi connectivity index (χ0v) is 29.1. The Morgan fingerprint density at radius 3 is 0.854 bits per heavy atom. The third-order valence-corrected chi connectivity index (χ3v) is 8.97. The molecule has 0 N–H and O–H groups in total. The molecule has 0 saturated carbocycles. The third-order valence-electron chi connectivity index (χ3n) is 8.10. The zero-order chi connectivity index (χ0) is 29.2. The number of allylic oxidation sites excluding steroid dienone is 4. The van der Waals surface area contributed by atoms with Crippen molar-refractivity contribution in [1.29, 1.82) is 0 Å².